The first-order chi connectivity index (χ1) is 15.2. The van der Waals surface area contributed by atoms with Gasteiger partial charge in [0, 0.05) is 21.7 Å². The first kappa shape index (κ1) is 22.5. The number of furan rings is 1. The molecular weight excluding hydrogens is 497 g/mol. The van der Waals surface area contributed by atoms with Crippen LogP contribution >= 0.6 is 46.6 Å². The molecule has 1 N–H and O–H groups in total. The molecule has 10 heteroatoms. The first-order valence-electron chi connectivity index (χ1n) is 9.05. The maximum Gasteiger partial charge on any atom is 0.337 e. The van der Waals surface area contributed by atoms with E-state index in [2.05, 4.69) is 0 Å². The van der Waals surface area contributed by atoms with Crippen molar-refractivity contribution in [1.29, 1.82) is 0 Å². The zero-order chi connectivity index (χ0) is 23.0. The highest BCUT2D eigenvalue weighted by Crippen LogP contribution is 2.35. The number of carboxylic acid groups (broad SMARTS) is 1. The minimum atomic E-state index is -1.13. The highest BCUT2D eigenvalue weighted by molar-refractivity contribution is 8.18. The van der Waals surface area contributed by atoms with E-state index in [4.69, 9.17) is 44.3 Å². The summed E-state index contributed by atoms with van der Waals surface area (Å²) < 4.78 is 5.74. The predicted molar refractivity (Wildman–Crippen MR) is 124 cm³/mol. The van der Waals surface area contributed by atoms with Crippen LogP contribution in [0.3, 0.4) is 0 Å². The monoisotopic (exact) mass is 507 g/mol. The summed E-state index contributed by atoms with van der Waals surface area (Å²) in [5.41, 5.74) is 1.16. The van der Waals surface area contributed by atoms with Gasteiger partial charge in [-0.25, -0.2) is 4.79 Å². The smallest absolute Gasteiger partial charge is 0.337 e. The maximum absolute atomic E-state index is 12.8. The van der Waals surface area contributed by atoms with Gasteiger partial charge in [-0.05, 0) is 53.7 Å². The molecule has 0 atom stereocenters. The molecule has 1 fully saturated rings. The van der Waals surface area contributed by atoms with Gasteiger partial charge in [0.2, 0.25) is 0 Å². The van der Waals surface area contributed by atoms with Crippen LogP contribution in [0.4, 0.5) is 4.79 Å². The fraction of sp³-hybridized carbons (Fsp3) is 0.0455. The van der Waals surface area contributed by atoms with Gasteiger partial charge in [-0.3, -0.25) is 14.5 Å². The second-order valence-corrected chi connectivity index (χ2v) is 8.95. The molecule has 2 heterocycles. The number of rotatable bonds is 5. The molecule has 1 aromatic heterocycles. The Bertz CT molecular complexity index is 1300. The van der Waals surface area contributed by atoms with Gasteiger partial charge in [0.1, 0.15) is 11.5 Å². The number of halogens is 3. The average Bonchev–Trinajstić information content (AvgIpc) is 3.30. The van der Waals surface area contributed by atoms with Crippen molar-refractivity contribution in [2.75, 3.05) is 0 Å². The van der Waals surface area contributed by atoms with E-state index < -0.39 is 17.1 Å². The summed E-state index contributed by atoms with van der Waals surface area (Å²) in [6.45, 7) is 0.0236. The van der Waals surface area contributed by atoms with Crippen LogP contribution in [0.5, 0.6) is 0 Å². The standard InChI is InChI=1S/C22H12Cl3NO5S/c23-13-3-1-12(16(24)8-13)10-26-20(27)19(32-22(26)30)9-14-4-6-18(31-14)11-2-5-15(21(28)29)17(25)7-11/h1-9H,10H2,(H,28,29)/b19-9-. The topological polar surface area (TPSA) is 87.8 Å². The lowest BCUT2D eigenvalue weighted by molar-refractivity contribution is -0.123. The fourth-order valence-electron chi connectivity index (χ4n) is 3.01. The van der Waals surface area contributed by atoms with E-state index in [0.717, 1.165) is 16.7 Å². The number of aromatic carboxylic acids is 1. The Hall–Kier alpha value is -2.71. The fourth-order valence-corrected chi connectivity index (χ4v) is 4.56. The van der Waals surface area contributed by atoms with Gasteiger partial charge in [0.25, 0.3) is 11.1 Å². The van der Waals surface area contributed by atoms with Crippen molar-refractivity contribution < 1.29 is 23.9 Å². The summed E-state index contributed by atoms with van der Waals surface area (Å²) >= 11 is 18.9. The second-order valence-electron chi connectivity index (χ2n) is 6.71. The van der Waals surface area contributed by atoms with Crippen molar-refractivity contribution in [2.24, 2.45) is 0 Å². The van der Waals surface area contributed by atoms with Crippen LogP contribution in [0.2, 0.25) is 15.1 Å². The molecule has 2 amide bonds. The molecule has 32 heavy (non-hydrogen) atoms. The van der Waals surface area contributed by atoms with Crippen molar-refractivity contribution in [3.8, 4) is 11.3 Å². The van der Waals surface area contributed by atoms with Crippen molar-refractivity contribution in [3.05, 3.63) is 85.4 Å². The number of amides is 2. The van der Waals surface area contributed by atoms with Crippen LogP contribution in [0, 0.1) is 0 Å². The predicted octanol–water partition coefficient (Wildman–Crippen LogP) is 6.84. The van der Waals surface area contributed by atoms with Crippen LogP contribution in [0.25, 0.3) is 17.4 Å². The van der Waals surface area contributed by atoms with Crippen LogP contribution in [-0.4, -0.2) is 27.1 Å². The van der Waals surface area contributed by atoms with E-state index in [0.29, 0.717) is 32.7 Å². The molecule has 2 aromatic carbocycles. The van der Waals surface area contributed by atoms with Crippen LogP contribution in [0.1, 0.15) is 21.7 Å². The van der Waals surface area contributed by atoms with Gasteiger partial charge in [0.05, 0.1) is 22.0 Å². The summed E-state index contributed by atoms with van der Waals surface area (Å²) in [4.78, 5) is 37.6. The number of carbonyl (C=O) groups is 3. The minimum Gasteiger partial charge on any atom is -0.478 e. The Morgan fingerprint density at radius 3 is 2.50 bits per heavy atom. The summed E-state index contributed by atoms with van der Waals surface area (Å²) in [6.07, 6.45) is 1.48. The lowest BCUT2D eigenvalue weighted by Gasteiger charge is -2.13. The number of hydrogen-bond acceptors (Lipinski definition) is 5. The number of benzene rings is 2. The quantitative estimate of drug-likeness (QED) is 0.380. The zero-order valence-corrected chi connectivity index (χ0v) is 19.1. The van der Waals surface area contributed by atoms with Crippen molar-refractivity contribution in [2.45, 2.75) is 6.54 Å². The molecule has 1 saturated heterocycles. The third kappa shape index (κ3) is 4.56. The Balaban J connectivity index is 1.54. The summed E-state index contributed by atoms with van der Waals surface area (Å²) in [7, 11) is 0. The molecule has 0 spiro atoms. The summed E-state index contributed by atoms with van der Waals surface area (Å²) in [5, 5.41) is 9.56. The lowest BCUT2D eigenvalue weighted by Crippen LogP contribution is -2.27. The molecule has 0 unspecified atom stereocenters. The molecular formula is C22H12Cl3NO5S. The highest BCUT2D eigenvalue weighted by atomic mass is 35.5. The van der Waals surface area contributed by atoms with Gasteiger partial charge in [-0.1, -0.05) is 46.9 Å². The van der Waals surface area contributed by atoms with Gasteiger partial charge in [-0.15, -0.1) is 0 Å². The van der Waals surface area contributed by atoms with Crippen molar-refractivity contribution in [1.82, 2.24) is 4.90 Å². The van der Waals surface area contributed by atoms with E-state index in [1.54, 1.807) is 36.4 Å². The van der Waals surface area contributed by atoms with Gasteiger partial charge >= 0.3 is 5.97 Å². The van der Waals surface area contributed by atoms with E-state index in [9.17, 15) is 14.4 Å². The number of nitrogens with zero attached hydrogens (tertiary/aromatic N) is 1. The highest BCUT2D eigenvalue weighted by Gasteiger charge is 2.35. The van der Waals surface area contributed by atoms with Gasteiger partial charge in [0.15, 0.2) is 0 Å². The molecule has 0 bridgehead atoms. The molecule has 162 valence electrons. The summed E-state index contributed by atoms with van der Waals surface area (Å²) in [5.74, 6) is -0.800. The minimum absolute atomic E-state index is 0.0170. The molecule has 0 aliphatic carbocycles. The van der Waals surface area contributed by atoms with E-state index in [1.165, 1.54) is 18.2 Å². The van der Waals surface area contributed by atoms with E-state index >= 15 is 0 Å². The first-order valence-corrected chi connectivity index (χ1v) is 11.0. The van der Waals surface area contributed by atoms with Crippen molar-refractivity contribution >= 4 is 69.8 Å². The Morgan fingerprint density at radius 1 is 1.03 bits per heavy atom. The van der Waals surface area contributed by atoms with Crippen molar-refractivity contribution in [3.63, 3.8) is 0 Å². The van der Waals surface area contributed by atoms with Crippen LogP contribution in [0.15, 0.2) is 57.9 Å². The SMILES string of the molecule is O=C(O)c1ccc(-c2ccc(/C=C3\SC(=O)N(Cc4ccc(Cl)cc4Cl)C3=O)o2)cc1Cl. The number of imide groups is 1. The lowest BCUT2D eigenvalue weighted by atomic mass is 10.1. The van der Waals surface area contributed by atoms with Crippen LogP contribution in [-0.2, 0) is 11.3 Å². The number of carbonyl (C=O) groups excluding carboxylic acids is 2. The van der Waals surface area contributed by atoms with E-state index in [1.807, 2.05) is 0 Å². The van der Waals surface area contributed by atoms with Gasteiger partial charge in [-0.2, -0.15) is 0 Å². The normalized spacial score (nSPS) is 15.1. The molecule has 0 radical (unpaired) electrons. The molecule has 1 aliphatic heterocycles. The van der Waals surface area contributed by atoms with E-state index in [-0.39, 0.29) is 22.0 Å². The Labute approximate surface area is 201 Å². The molecule has 6 nitrogen and oxygen atoms in total. The molecule has 4 rings (SSSR count). The van der Waals surface area contributed by atoms with Gasteiger partial charge < -0.3 is 9.52 Å². The zero-order valence-electron chi connectivity index (χ0n) is 16.0. The largest absolute Gasteiger partial charge is 0.478 e. The maximum atomic E-state index is 12.8. The third-order valence-corrected chi connectivity index (χ3v) is 6.41. The average molecular weight is 509 g/mol. The number of carboxylic acids is 1. The Morgan fingerprint density at radius 2 is 1.81 bits per heavy atom. The summed E-state index contributed by atoms with van der Waals surface area (Å²) in [6, 6.07) is 12.6. The molecule has 0 saturated carbocycles. The third-order valence-electron chi connectivity index (χ3n) is 4.60. The van der Waals surface area contributed by atoms with Crippen LogP contribution < -0.4 is 0 Å². The number of hydrogen-bond donors (Lipinski definition) is 1. The number of thioether (sulfide) groups is 1. The second kappa shape index (κ2) is 9.03. The Kier molecular flexibility index (Phi) is 6.35. The molecule has 1 aliphatic rings. The molecule has 3 aromatic rings.